The number of nitrogen functional groups attached to an aromatic ring is 1. The van der Waals surface area contributed by atoms with Crippen LogP contribution in [0.5, 0.6) is 0 Å². The average Bonchev–Trinajstić information content (AvgIpc) is 2.40. The van der Waals surface area contributed by atoms with Crippen molar-refractivity contribution in [2.45, 2.75) is 6.92 Å². The van der Waals surface area contributed by atoms with Gasteiger partial charge in [-0.25, -0.2) is 4.79 Å². The van der Waals surface area contributed by atoms with Gasteiger partial charge >= 0.3 is 5.97 Å². The van der Waals surface area contributed by atoms with Crippen molar-refractivity contribution in [2.24, 2.45) is 0 Å². The van der Waals surface area contributed by atoms with Gasteiger partial charge in [-0.2, -0.15) is 0 Å². The van der Waals surface area contributed by atoms with Crippen LogP contribution in [0.4, 0.5) is 11.4 Å². The maximum absolute atomic E-state index is 11.5. The van der Waals surface area contributed by atoms with E-state index in [-0.39, 0.29) is 5.97 Å². The largest absolute Gasteiger partial charge is 0.465 e. The summed E-state index contributed by atoms with van der Waals surface area (Å²) in [6.07, 6.45) is 0. The monoisotopic (exact) mass is 252 g/mol. The van der Waals surface area contributed by atoms with E-state index in [0.29, 0.717) is 17.9 Å². The van der Waals surface area contributed by atoms with Crippen molar-refractivity contribution in [1.82, 2.24) is 0 Å². The summed E-state index contributed by atoms with van der Waals surface area (Å²) < 4.78 is 9.76. The number of esters is 1. The molecule has 0 atom stereocenters. The van der Waals surface area contributed by atoms with Crippen LogP contribution < -0.4 is 10.6 Å². The number of likely N-dealkylation sites (N-methyl/N-ethyl adjacent to an activating group) is 1. The molecule has 0 aliphatic rings. The minimum atomic E-state index is -0.362. The first kappa shape index (κ1) is 14.3. The third kappa shape index (κ3) is 3.37. The summed E-state index contributed by atoms with van der Waals surface area (Å²) in [5, 5.41) is 0. The first-order valence-corrected chi connectivity index (χ1v) is 5.85. The molecule has 0 unspecified atom stereocenters. The van der Waals surface area contributed by atoms with Crippen LogP contribution in [-0.4, -0.2) is 39.9 Å². The van der Waals surface area contributed by atoms with Gasteiger partial charge < -0.3 is 20.1 Å². The zero-order valence-corrected chi connectivity index (χ0v) is 11.1. The van der Waals surface area contributed by atoms with Crippen LogP contribution in [0.25, 0.3) is 0 Å². The van der Waals surface area contributed by atoms with Crippen molar-refractivity contribution in [2.75, 3.05) is 44.5 Å². The summed E-state index contributed by atoms with van der Waals surface area (Å²) in [6.45, 7) is 4.15. The van der Waals surface area contributed by atoms with Gasteiger partial charge in [-0.15, -0.1) is 0 Å². The molecule has 0 saturated carbocycles. The molecule has 1 aromatic rings. The standard InChI is InChI=1S/C13H20N2O3/c1-4-15(7-8-17-2)12-9-10(13(16)18-3)5-6-11(12)14/h5-6,9H,4,7-8,14H2,1-3H3. The number of hydrogen-bond acceptors (Lipinski definition) is 5. The molecule has 5 nitrogen and oxygen atoms in total. The molecule has 1 aromatic carbocycles. The molecule has 5 heteroatoms. The molecule has 0 spiro atoms. The number of anilines is 2. The van der Waals surface area contributed by atoms with E-state index in [0.717, 1.165) is 18.8 Å². The molecule has 0 bridgehead atoms. The van der Waals surface area contributed by atoms with Gasteiger partial charge in [-0.3, -0.25) is 0 Å². The first-order chi connectivity index (χ1) is 8.63. The summed E-state index contributed by atoms with van der Waals surface area (Å²) in [6, 6.07) is 5.13. The SMILES string of the molecule is CCN(CCOC)c1cc(C(=O)OC)ccc1N. The fraction of sp³-hybridized carbons (Fsp3) is 0.462. The van der Waals surface area contributed by atoms with E-state index < -0.39 is 0 Å². The minimum Gasteiger partial charge on any atom is -0.465 e. The number of ether oxygens (including phenoxy) is 2. The van der Waals surface area contributed by atoms with Gasteiger partial charge in [0.15, 0.2) is 0 Å². The normalized spacial score (nSPS) is 10.2. The van der Waals surface area contributed by atoms with Crippen molar-refractivity contribution in [3.63, 3.8) is 0 Å². The van der Waals surface area contributed by atoms with E-state index in [4.69, 9.17) is 15.2 Å². The Kier molecular flexibility index (Phi) is 5.45. The number of carbonyl (C=O) groups excluding carboxylic acids is 1. The first-order valence-electron chi connectivity index (χ1n) is 5.85. The molecule has 0 aromatic heterocycles. The summed E-state index contributed by atoms with van der Waals surface area (Å²) in [7, 11) is 3.02. The number of methoxy groups -OCH3 is 2. The second-order valence-corrected chi connectivity index (χ2v) is 3.84. The van der Waals surface area contributed by atoms with Crippen molar-refractivity contribution < 1.29 is 14.3 Å². The Hall–Kier alpha value is -1.75. The number of nitrogens with two attached hydrogens (primary N) is 1. The Labute approximate surface area is 107 Å². The number of carbonyl (C=O) groups is 1. The van der Waals surface area contributed by atoms with Crippen molar-refractivity contribution >= 4 is 17.3 Å². The molecule has 0 amide bonds. The third-order valence-corrected chi connectivity index (χ3v) is 2.74. The minimum absolute atomic E-state index is 0.362. The predicted molar refractivity (Wildman–Crippen MR) is 72.0 cm³/mol. The highest BCUT2D eigenvalue weighted by atomic mass is 16.5. The molecule has 18 heavy (non-hydrogen) atoms. The molecule has 0 radical (unpaired) electrons. The zero-order chi connectivity index (χ0) is 13.5. The van der Waals surface area contributed by atoms with E-state index in [1.54, 1.807) is 25.3 Å². The molecule has 0 heterocycles. The molecular weight excluding hydrogens is 232 g/mol. The van der Waals surface area contributed by atoms with Crippen LogP contribution in [0.3, 0.4) is 0 Å². The summed E-state index contributed by atoms with van der Waals surface area (Å²) in [5.41, 5.74) is 7.91. The lowest BCUT2D eigenvalue weighted by Gasteiger charge is -2.24. The fourth-order valence-electron chi connectivity index (χ4n) is 1.71. The highest BCUT2D eigenvalue weighted by Crippen LogP contribution is 2.24. The Morgan fingerprint density at radius 1 is 1.39 bits per heavy atom. The van der Waals surface area contributed by atoms with E-state index in [1.807, 2.05) is 6.92 Å². The Morgan fingerprint density at radius 2 is 2.11 bits per heavy atom. The van der Waals surface area contributed by atoms with E-state index in [9.17, 15) is 4.79 Å². The van der Waals surface area contributed by atoms with Gasteiger partial charge in [0.05, 0.1) is 30.7 Å². The number of hydrogen-bond donors (Lipinski definition) is 1. The van der Waals surface area contributed by atoms with Crippen LogP contribution in [0.1, 0.15) is 17.3 Å². The van der Waals surface area contributed by atoms with E-state index in [1.165, 1.54) is 7.11 Å². The summed E-state index contributed by atoms with van der Waals surface area (Å²) in [5.74, 6) is -0.362. The topological polar surface area (TPSA) is 64.8 Å². The van der Waals surface area contributed by atoms with Crippen LogP contribution in [0.2, 0.25) is 0 Å². The van der Waals surface area contributed by atoms with Crippen LogP contribution in [-0.2, 0) is 9.47 Å². The zero-order valence-electron chi connectivity index (χ0n) is 11.1. The number of nitrogens with zero attached hydrogens (tertiary/aromatic N) is 1. The Morgan fingerprint density at radius 3 is 2.67 bits per heavy atom. The molecular formula is C13H20N2O3. The van der Waals surface area contributed by atoms with Crippen LogP contribution in [0, 0.1) is 0 Å². The average molecular weight is 252 g/mol. The van der Waals surface area contributed by atoms with E-state index >= 15 is 0 Å². The summed E-state index contributed by atoms with van der Waals surface area (Å²) >= 11 is 0. The summed E-state index contributed by atoms with van der Waals surface area (Å²) in [4.78, 5) is 13.6. The van der Waals surface area contributed by atoms with Crippen LogP contribution >= 0.6 is 0 Å². The lowest BCUT2D eigenvalue weighted by Crippen LogP contribution is -2.27. The van der Waals surface area contributed by atoms with Gasteiger partial charge in [0.1, 0.15) is 0 Å². The van der Waals surface area contributed by atoms with Gasteiger partial charge in [0.25, 0.3) is 0 Å². The Balaban J connectivity index is 3.00. The molecule has 0 saturated heterocycles. The quantitative estimate of drug-likeness (QED) is 0.614. The maximum Gasteiger partial charge on any atom is 0.337 e. The van der Waals surface area contributed by atoms with Gasteiger partial charge in [-0.1, -0.05) is 0 Å². The second-order valence-electron chi connectivity index (χ2n) is 3.84. The molecule has 0 aliphatic heterocycles. The van der Waals surface area contributed by atoms with E-state index in [2.05, 4.69) is 4.90 Å². The highest BCUT2D eigenvalue weighted by molar-refractivity contribution is 5.92. The Bertz CT molecular complexity index is 407. The smallest absolute Gasteiger partial charge is 0.337 e. The second kappa shape index (κ2) is 6.86. The molecule has 0 aliphatic carbocycles. The van der Waals surface area contributed by atoms with Crippen molar-refractivity contribution in [1.29, 1.82) is 0 Å². The van der Waals surface area contributed by atoms with Gasteiger partial charge in [0, 0.05) is 20.2 Å². The molecule has 2 N–H and O–H groups in total. The maximum atomic E-state index is 11.5. The number of rotatable bonds is 6. The lowest BCUT2D eigenvalue weighted by atomic mass is 10.1. The third-order valence-electron chi connectivity index (χ3n) is 2.74. The fourth-order valence-corrected chi connectivity index (χ4v) is 1.71. The van der Waals surface area contributed by atoms with Crippen LogP contribution in [0.15, 0.2) is 18.2 Å². The molecule has 100 valence electrons. The van der Waals surface area contributed by atoms with Gasteiger partial charge in [-0.05, 0) is 25.1 Å². The van der Waals surface area contributed by atoms with Gasteiger partial charge in [0.2, 0.25) is 0 Å². The number of benzene rings is 1. The lowest BCUT2D eigenvalue weighted by molar-refractivity contribution is 0.0601. The molecule has 0 fully saturated rings. The molecule has 1 rings (SSSR count). The predicted octanol–water partition coefficient (Wildman–Crippen LogP) is 1.53. The van der Waals surface area contributed by atoms with Crippen molar-refractivity contribution in [3.8, 4) is 0 Å². The van der Waals surface area contributed by atoms with Crippen molar-refractivity contribution in [3.05, 3.63) is 23.8 Å². The highest BCUT2D eigenvalue weighted by Gasteiger charge is 2.12.